The van der Waals surface area contributed by atoms with Crippen LogP contribution in [0.2, 0.25) is 0 Å². The largest absolute Gasteiger partial charge is 0.365 e. The molecule has 0 unspecified atom stereocenters. The molecule has 1 amide bonds. The van der Waals surface area contributed by atoms with E-state index in [4.69, 9.17) is 0 Å². The first-order valence-corrected chi connectivity index (χ1v) is 7.38. The summed E-state index contributed by atoms with van der Waals surface area (Å²) >= 11 is 0. The van der Waals surface area contributed by atoms with Crippen molar-refractivity contribution in [1.82, 2.24) is 9.97 Å². The molecule has 2 N–H and O–H groups in total. The smallest absolute Gasteiger partial charge is 0.274 e. The van der Waals surface area contributed by atoms with E-state index in [-0.39, 0.29) is 11.4 Å². The van der Waals surface area contributed by atoms with Crippen LogP contribution in [0.4, 0.5) is 11.5 Å². The van der Waals surface area contributed by atoms with Gasteiger partial charge in [0, 0.05) is 17.3 Å². The van der Waals surface area contributed by atoms with E-state index in [9.17, 15) is 4.79 Å². The fraction of sp³-hybridized carbons (Fsp3) is 0.353. The molecule has 1 heterocycles. The van der Waals surface area contributed by atoms with Gasteiger partial charge in [-0.2, -0.15) is 0 Å². The Bertz CT molecular complexity index is 644. The zero-order valence-corrected chi connectivity index (χ0v) is 13.5. The van der Waals surface area contributed by atoms with Gasteiger partial charge in [-0.05, 0) is 44.9 Å². The van der Waals surface area contributed by atoms with Gasteiger partial charge in [0.2, 0.25) is 0 Å². The third kappa shape index (κ3) is 4.55. The molecule has 22 heavy (non-hydrogen) atoms. The Kier molecular flexibility index (Phi) is 4.75. The number of anilines is 2. The molecular weight excluding hydrogens is 276 g/mol. The van der Waals surface area contributed by atoms with Crippen LogP contribution in [0, 0.1) is 0 Å². The second kappa shape index (κ2) is 6.56. The van der Waals surface area contributed by atoms with Gasteiger partial charge < -0.3 is 10.6 Å². The van der Waals surface area contributed by atoms with Crippen molar-refractivity contribution in [2.24, 2.45) is 0 Å². The molecule has 0 aliphatic heterocycles. The van der Waals surface area contributed by atoms with Gasteiger partial charge in [0.05, 0.1) is 0 Å². The van der Waals surface area contributed by atoms with E-state index in [0.717, 1.165) is 12.1 Å². The standard InChI is InChI=1S/C17H22N4O/c1-5-12-6-8-13(9-7-12)20-16(22)14-10-15(19-11-18-14)21-17(2,3)4/h6-11H,5H2,1-4H3,(H,20,22)(H,18,19,21). The highest BCUT2D eigenvalue weighted by molar-refractivity contribution is 6.03. The predicted molar refractivity (Wildman–Crippen MR) is 89.2 cm³/mol. The quantitative estimate of drug-likeness (QED) is 0.906. The molecule has 116 valence electrons. The molecule has 0 bridgehead atoms. The number of aromatic nitrogens is 2. The van der Waals surface area contributed by atoms with E-state index in [1.54, 1.807) is 6.07 Å². The van der Waals surface area contributed by atoms with Crippen molar-refractivity contribution in [3.8, 4) is 0 Å². The Morgan fingerprint density at radius 1 is 1.14 bits per heavy atom. The summed E-state index contributed by atoms with van der Waals surface area (Å²) in [6.07, 6.45) is 2.37. The van der Waals surface area contributed by atoms with Crippen LogP contribution >= 0.6 is 0 Å². The van der Waals surface area contributed by atoms with Gasteiger partial charge in [-0.25, -0.2) is 9.97 Å². The van der Waals surface area contributed by atoms with Crippen molar-refractivity contribution in [3.05, 3.63) is 47.9 Å². The van der Waals surface area contributed by atoms with Gasteiger partial charge in [0.1, 0.15) is 17.8 Å². The molecule has 5 nitrogen and oxygen atoms in total. The van der Waals surface area contributed by atoms with Crippen LogP contribution in [0.15, 0.2) is 36.7 Å². The lowest BCUT2D eigenvalue weighted by Gasteiger charge is -2.21. The molecule has 2 aromatic rings. The Hall–Kier alpha value is -2.43. The lowest BCUT2D eigenvalue weighted by atomic mass is 10.1. The summed E-state index contributed by atoms with van der Waals surface area (Å²) in [5, 5.41) is 6.07. The van der Waals surface area contributed by atoms with E-state index in [1.165, 1.54) is 11.9 Å². The van der Waals surface area contributed by atoms with Gasteiger partial charge in [0.15, 0.2) is 0 Å². The van der Waals surface area contributed by atoms with Crippen molar-refractivity contribution in [3.63, 3.8) is 0 Å². The normalized spacial score (nSPS) is 11.1. The zero-order valence-electron chi connectivity index (χ0n) is 13.5. The summed E-state index contributed by atoms with van der Waals surface area (Å²) in [5.41, 5.74) is 2.20. The lowest BCUT2D eigenvalue weighted by molar-refractivity contribution is 0.102. The third-order valence-corrected chi connectivity index (χ3v) is 3.02. The molecule has 1 aromatic heterocycles. The first-order valence-electron chi connectivity index (χ1n) is 7.38. The lowest BCUT2D eigenvalue weighted by Crippen LogP contribution is -2.27. The molecule has 2 rings (SSSR count). The fourth-order valence-electron chi connectivity index (χ4n) is 1.95. The average molecular weight is 298 g/mol. The number of nitrogens with zero attached hydrogens (tertiary/aromatic N) is 2. The second-order valence-electron chi connectivity index (χ2n) is 6.17. The van der Waals surface area contributed by atoms with Crippen LogP contribution in [0.25, 0.3) is 0 Å². The van der Waals surface area contributed by atoms with E-state index < -0.39 is 0 Å². The number of rotatable bonds is 4. The Morgan fingerprint density at radius 2 is 1.82 bits per heavy atom. The van der Waals surface area contributed by atoms with Gasteiger partial charge >= 0.3 is 0 Å². The highest BCUT2D eigenvalue weighted by Gasteiger charge is 2.13. The summed E-state index contributed by atoms with van der Waals surface area (Å²) in [7, 11) is 0. The van der Waals surface area contributed by atoms with Crippen molar-refractivity contribution < 1.29 is 4.79 Å². The minimum absolute atomic E-state index is 0.127. The van der Waals surface area contributed by atoms with Crippen LogP contribution in [-0.2, 0) is 6.42 Å². The molecule has 5 heteroatoms. The van der Waals surface area contributed by atoms with E-state index in [2.05, 4.69) is 27.5 Å². The zero-order chi connectivity index (χ0) is 16.2. The number of nitrogens with one attached hydrogen (secondary N) is 2. The summed E-state index contributed by atoms with van der Waals surface area (Å²) in [6.45, 7) is 8.19. The van der Waals surface area contributed by atoms with Crippen molar-refractivity contribution >= 4 is 17.4 Å². The number of aryl methyl sites for hydroxylation is 1. The molecule has 0 atom stereocenters. The predicted octanol–water partition coefficient (Wildman–Crippen LogP) is 3.50. The molecule has 0 spiro atoms. The summed E-state index contributed by atoms with van der Waals surface area (Å²) in [5.74, 6) is 0.387. The second-order valence-corrected chi connectivity index (χ2v) is 6.17. The van der Waals surface area contributed by atoms with Crippen LogP contribution in [-0.4, -0.2) is 21.4 Å². The molecule has 0 radical (unpaired) electrons. The maximum absolute atomic E-state index is 12.3. The van der Waals surface area contributed by atoms with Crippen molar-refractivity contribution in [1.29, 1.82) is 0 Å². The van der Waals surface area contributed by atoms with E-state index in [1.807, 2.05) is 45.0 Å². The SMILES string of the molecule is CCc1ccc(NC(=O)c2cc(NC(C)(C)C)ncn2)cc1. The summed E-state index contributed by atoms with van der Waals surface area (Å²) in [4.78, 5) is 20.4. The van der Waals surface area contributed by atoms with Gasteiger partial charge in [-0.1, -0.05) is 19.1 Å². The molecular formula is C17H22N4O. The Morgan fingerprint density at radius 3 is 2.41 bits per heavy atom. The monoisotopic (exact) mass is 298 g/mol. The molecule has 0 aliphatic carbocycles. The highest BCUT2D eigenvalue weighted by Crippen LogP contribution is 2.14. The minimum atomic E-state index is -0.247. The number of carbonyl (C=O) groups excluding carboxylic acids is 1. The van der Waals surface area contributed by atoms with Crippen molar-refractivity contribution in [2.75, 3.05) is 10.6 Å². The summed E-state index contributed by atoms with van der Waals surface area (Å²) < 4.78 is 0. The van der Waals surface area contributed by atoms with Crippen LogP contribution in [0.5, 0.6) is 0 Å². The number of hydrogen-bond acceptors (Lipinski definition) is 4. The average Bonchev–Trinajstić information content (AvgIpc) is 2.46. The molecule has 0 aliphatic rings. The maximum Gasteiger partial charge on any atom is 0.274 e. The van der Waals surface area contributed by atoms with Crippen LogP contribution in [0.1, 0.15) is 43.7 Å². The third-order valence-electron chi connectivity index (χ3n) is 3.02. The topological polar surface area (TPSA) is 66.9 Å². The number of carbonyl (C=O) groups is 1. The first-order chi connectivity index (χ1) is 10.4. The van der Waals surface area contributed by atoms with Gasteiger partial charge in [-0.3, -0.25) is 4.79 Å². The van der Waals surface area contributed by atoms with Gasteiger partial charge in [-0.15, -0.1) is 0 Å². The molecule has 1 aromatic carbocycles. The fourth-order valence-corrected chi connectivity index (χ4v) is 1.95. The molecule has 0 fully saturated rings. The van der Waals surface area contributed by atoms with E-state index >= 15 is 0 Å². The van der Waals surface area contributed by atoms with Gasteiger partial charge in [0.25, 0.3) is 5.91 Å². The Labute approximate surface area is 131 Å². The summed E-state index contributed by atoms with van der Waals surface area (Å²) in [6, 6.07) is 9.45. The molecule has 0 saturated carbocycles. The number of benzene rings is 1. The number of hydrogen-bond donors (Lipinski definition) is 2. The van der Waals surface area contributed by atoms with Crippen LogP contribution < -0.4 is 10.6 Å². The first kappa shape index (κ1) is 15.9. The van der Waals surface area contributed by atoms with E-state index in [0.29, 0.717) is 11.5 Å². The maximum atomic E-state index is 12.3. The Balaban J connectivity index is 2.10. The molecule has 0 saturated heterocycles. The number of amides is 1. The van der Waals surface area contributed by atoms with Crippen molar-refractivity contribution in [2.45, 2.75) is 39.7 Å². The van der Waals surface area contributed by atoms with Crippen LogP contribution in [0.3, 0.4) is 0 Å². The minimum Gasteiger partial charge on any atom is -0.365 e. The highest BCUT2D eigenvalue weighted by atomic mass is 16.1.